The third-order valence-corrected chi connectivity index (χ3v) is 4.08. The van der Waals surface area contributed by atoms with Crippen molar-refractivity contribution in [1.82, 2.24) is 0 Å². The molecule has 5 nitrogen and oxygen atoms in total. The molecule has 142 valence electrons. The van der Waals surface area contributed by atoms with Crippen molar-refractivity contribution in [3.8, 4) is 11.5 Å². The van der Waals surface area contributed by atoms with Gasteiger partial charge < -0.3 is 14.8 Å². The molecule has 1 amide bonds. The van der Waals surface area contributed by atoms with Gasteiger partial charge in [-0.2, -0.15) is 0 Å². The highest BCUT2D eigenvalue weighted by Gasteiger charge is 2.16. The zero-order valence-corrected chi connectivity index (χ0v) is 15.6. The van der Waals surface area contributed by atoms with Gasteiger partial charge in [0.05, 0.1) is 0 Å². The molecular formula is C23H21NO4. The van der Waals surface area contributed by atoms with E-state index < -0.39 is 11.9 Å². The molecule has 0 aliphatic heterocycles. The van der Waals surface area contributed by atoms with Crippen LogP contribution in [0.3, 0.4) is 0 Å². The highest BCUT2D eigenvalue weighted by Crippen LogP contribution is 2.25. The third-order valence-electron chi connectivity index (χ3n) is 4.08. The van der Waals surface area contributed by atoms with Crippen molar-refractivity contribution >= 4 is 17.6 Å². The maximum absolute atomic E-state index is 12.5. The van der Waals surface area contributed by atoms with Crippen molar-refractivity contribution in [3.05, 3.63) is 90.0 Å². The Kier molecular flexibility index (Phi) is 6.41. The maximum Gasteiger partial charge on any atom is 0.342 e. The number of anilines is 1. The molecule has 0 saturated heterocycles. The van der Waals surface area contributed by atoms with Crippen LogP contribution in [0.4, 0.5) is 5.69 Å². The molecule has 28 heavy (non-hydrogen) atoms. The summed E-state index contributed by atoms with van der Waals surface area (Å²) in [4.78, 5) is 24.6. The zero-order chi connectivity index (χ0) is 19.8. The number of hydrogen-bond acceptors (Lipinski definition) is 4. The van der Waals surface area contributed by atoms with Crippen LogP contribution in [0.5, 0.6) is 11.5 Å². The molecule has 0 aromatic heterocycles. The van der Waals surface area contributed by atoms with E-state index in [0.29, 0.717) is 11.5 Å². The summed E-state index contributed by atoms with van der Waals surface area (Å²) < 4.78 is 10.9. The minimum Gasteiger partial charge on any atom is -0.456 e. The van der Waals surface area contributed by atoms with Crippen LogP contribution in [0.15, 0.2) is 78.9 Å². The quantitative estimate of drug-likeness (QED) is 0.600. The van der Waals surface area contributed by atoms with E-state index in [1.54, 1.807) is 36.4 Å². The SMILES string of the molecule is CCc1ccccc1NC(=O)COC(=O)c1ccccc1Oc1ccccc1. The van der Waals surface area contributed by atoms with Gasteiger partial charge in [-0.15, -0.1) is 0 Å². The topological polar surface area (TPSA) is 64.6 Å². The van der Waals surface area contributed by atoms with E-state index in [2.05, 4.69) is 5.32 Å². The van der Waals surface area contributed by atoms with E-state index in [-0.39, 0.29) is 12.2 Å². The predicted molar refractivity (Wildman–Crippen MR) is 108 cm³/mol. The fraction of sp³-hybridized carbons (Fsp3) is 0.130. The number of hydrogen-bond donors (Lipinski definition) is 1. The van der Waals surface area contributed by atoms with Crippen molar-refractivity contribution in [2.75, 3.05) is 11.9 Å². The summed E-state index contributed by atoms with van der Waals surface area (Å²) in [5.74, 6) is -0.0340. The predicted octanol–water partition coefficient (Wildman–Crippen LogP) is 4.84. The summed E-state index contributed by atoms with van der Waals surface area (Å²) in [6.07, 6.45) is 0.792. The molecule has 0 atom stereocenters. The van der Waals surface area contributed by atoms with Gasteiger partial charge >= 0.3 is 5.97 Å². The van der Waals surface area contributed by atoms with Crippen molar-refractivity contribution in [2.45, 2.75) is 13.3 Å². The Morgan fingerprint density at radius 1 is 0.857 bits per heavy atom. The molecule has 3 aromatic rings. The van der Waals surface area contributed by atoms with Crippen LogP contribution >= 0.6 is 0 Å². The molecule has 0 fully saturated rings. The van der Waals surface area contributed by atoms with Gasteiger partial charge in [-0.05, 0) is 42.3 Å². The molecule has 0 spiro atoms. The van der Waals surface area contributed by atoms with Crippen molar-refractivity contribution < 1.29 is 19.1 Å². The molecule has 0 saturated carbocycles. The minimum atomic E-state index is -0.620. The first-order chi connectivity index (χ1) is 13.7. The van der Waals surface area contributed by atoms with Gasteiger partial charge in [0.1, 0.15) is 17.1 Å². The van der Waals surface area contributed by atoms with Crippen LogP contribution in [0.25, 0.3) is 0 Å². The van der Waals surface area contributed by atoms with Gasteiger partial charge in [0, 0.05) is 5.69 Å². The number of carbonyl (C=O) groups excluding carboxylic acids is 2. The molecule has 0 heterocycles. The summed E-state index contributed by atoms with van der Waals surface area (Å²) >= 11 is 0. The number of ether oxygens (including phenoxy) is 2. The first-order valence-corrected chi connectivity index (χ1v) is 9.04. The van der Waals surface area contributed by atoms with Gasteiger partial charge in [0.2, 0.25) is 0 Å². The third kappa shape index (κ3) is 4.98. The normalized spacial score (nSPS) is 10.2. The molecule has 5 heteroatoms. The molecule has 1 N–H and O–H groups in total. The molecular weight excluding hydrogens is 354 g/mol. The smallest absolute Gasteiger partial charge is 0.342 e. The lowest BCUT2D eigenvalue weighted by Crippen LogP contribution is -2.21. The fourth-order valence-corrected chi connectivity index (χ4v) is 2.69. The second-order valence-corrected chi connectivity index (χ2v) is 6.05. The fourth-order valence-electron chi connectivity index (χ4n) is 2.69. The van der Waals surface area contributed by atoms with Gasteiger partial charge in [0.15, 0.2) is 6.61 Å². The van der Waals surface area contributed by atoms with E-state index in [0.717, 1.165) is 17.7 Å². The molecule has 3 rings (SSSR count). The van der Waals surface area contributed by atoms with Crippen molar-refractivity contribution in [1.29, 1.82) is 0 Å². The lowest BCUT2D eigenvalue weighted by molar-refractivity contribution is -0.119. The van der Waals surface area contributed by atoms with E-state index in [1.807, 2.05) is 49.4 Å². The second kappa shape index (κ2) is 9.37. The van der Waals surface area contributed by atoms with Crippen molar-refractivity contribution in [3.63, 3.8) is 0 Å². The summed E-state index contributed by atoms with van der Waals surface area (Å²) in [6, 6.07) is 23.4. The Balaban J connectivity index is 1.63. The average Bonchev–Trinajstić information content (AvgIpc) is 2.73. The Morgan fingerprint density at radius 3 is 2.32 bits per heavy atom. The number of rotatable bonds is 7. The lowest BCUT2D eigenvalue weighted by Gasteiger charge is -2.12. The molecule has 0 radical (unpaired) electrons. The molecule has 0 aliphatic carbocycles. The van der Waals surface area contributed by atoms with Crippen LogP contribution in [-0.2, 0) is 16.0 Å². The maximum atomic E-state index is 12.5. The van der Waals surface area contributed by atoms with Crippen LogP contribution in [0.2, 0.25) is 0 Å². The van der Waals surface area contributed by atoms with Gasteiger partial charge in [-0.25, -0.2) is 4.79 Å². The molecule has 0 unspecified atom stereocenters. The Morgan fingerprint density at radius 2 is 1.54 bits per heavy atom. The van der Waals surface area contributed by atoms with Gasteiger partial charge in [-0.1, -0.05) is 55.5 Å². The lowest BCUT2D eigenvalue weighted by atomic mass is 10.1. The summed E-state index contributed by atoms with van der Waals surface area (Å²) in [6.45, 7) is 1.63. The van der Waals surface area contributed by atoms with Crippen LogP contribution in [-0.4, -0.2) is 18.5 Å². The first-order valence-electron chi connectivity index (χ1n) is 9.04. The minimum absolute atomic E-state index is 0.258. The van der Waals surface area contributed by atoms with Crippen LogP contribution in [0, 0.1) is 0 Å². The Labute approximate surface area is 163 Å². The van der Waals surface area contributed by atoms with E-state index in [1.165, 1.54) is 0 Å². The zero-order valence-electron chi connectivity index (χ0n) is 15.6. The molecule has 0 bridgehead atoms. The summed E-state index contributed by atoms with van der Waals surface area (Å²) in [7, 11) is 0. The largest absolute Gasteiger partial charge is 0.456 e. The standard InChI is InChI=1S/C23H21NO4/c1-2-17-10-6-8-14-20(17)24-22(25)16-27-23(26)19-13-7-9-15-21(19)28-18-11-4-3-5-12-18/h3-15H,2,16H2,1H3,(H,24,25). The summed E-state index contributed by atoms with van der Waals surface area (Å²) in [5, 5.41) is 2.78. The van der Waals surface area contributed by atoms with Crippen LogP contribution in [0.1, 0.15) is 22.8 Å². The molecule has 3 aromatic carbocycles. The Bertz CT molecular complexity index is 954. The highest BCUT2D eigenvalue weighted by molar-refractivity contribution is 5.97. The van der Waals surface area contributed by atoms with Crippen molar-refractivity contribution in [2.24, 2.45) is 0 Å². The monoisotopic (exact) mass is 375 g/mol. The molecule has 0 aliphatic rings. The number of amides is 1. The summed E-state index contributed by atoms with van der Waals surface area (Å²) in [5.41, 5.74) is 2.00. The first kappa shape index (κ1) is 19.2. The van der Waals surface area contributed by atoms with E-state index >= 15 is 0 Å². The number of aryl methyl sites for hydroxylation is 1. The van der Waals surface area contributed by atoms with Gasteiger partial charge in [0.25, 0.3) is 5.91 Å². The van der Waals surface area contributed by atoms with E-state index in [9.17, 15) is 9.59 Å². The number of carbonyl (C=O) groups is 2. The highest BCUT2D eigenvalue weighted by atomic mass is 16.5. The van der Waals surface area contributed by atoms with E-state index in [4.69, 9.17) is 9.47 Å². The van der Waals surface area contributed by atoms with Gasteiger partial charge in [-0.3, -0.25) is 4.79 Å². The number of benzene rings is 3. The number of nitrogens with one attached hydrogen (secondary N) is 1. The Hall–Kier alpha value is -3.60. The number of para-hydroxylation sites is 3. The second-order valence-electron chi connectivity index (χ2n) is 6.05. The van der Waals surface area contributed by atoms with Crippen LogP contribution < -0.4 is 10.1 Å². The average molecular weight is 375 g/mol. The number of esters is 1.